The Hall–Kier alpha value is -0.690. The van der Waals surface area contributed by atoms with Crippen LogP contribution in [0.15, 0.2) is 16.9 Å². The maximum atomic E-state index is 11.5. The van der Waals surface area contributed by atoms with Gasteiger partial charge in [0.25, 0.3) is 0 Å². The molecule has 1 rings (SSSR count). The Bertz CT molecular complexity index is 461. The van der Waals surface area contributed by atoms with Crippen molar-refractivity contribution in [1.82, 2.24) is 9.97 Å². The largest absolute Gasteiger partial charge is 0.340 e. The molecule has 0 radical (unpaired) electrons. The second kappa shape index (κ2) is 5.77. The lowest BCUT2D eigenvalue weighted by atomic mass is 10.3. The van der Waals surface area contributed by atoms with E-state index in [4.69, 9.17) is 0 Å². The number of rotatable bonds is 5. The van der Waals surface area contributed by atoms with Gasteiger partial charge in [-0.05, 0) is 22.9 Å². The quantitative estimate of drug-likeness (QED) is 0.822. The van der Waals surface area contributed by atoms with Gasteiger partial charge in [-0.25, -0.2) is 18.4 Å². The number of halogens is 1. The third-order valence-electron chi connectivity index (χ3n) is 2.52. The average molecular weight is 322 g/mol. The lowest BCUT2D eigenvalue weighted by molar-refractivity contribution is 0.587. The first-order chi connectivity index (χ1) is 7.85. The molecule has 96 valence electrons. The van der Waals surface area contributed by atoms with Crippen LogP contribution in [-0.2, 0) is 9.84 Å². The number of aromatic nitrogens is 2. The molecule has 1 aromatic heterocycles. The molecule has 0 N–H and O–H groups in total. The first-order valence-corrected chi connectivity index (χ1v) is 7.88. The molecule has 17 heavy (non-hydrogen) atoms. The normalized spacial score (nSPS) is 13.4. The molecule has 0 aliphatic heterocycles. The summed E-state index contributed by atoms with van der Waals surface area (Å²) in [5, 5.41) is 0. The van der Waals surface area contributed by atoms with Crippen LogP contribution in [0.4, 0.5) is 5.95 Å². The zero-order chi connectivity index (χ0) is 13.1. The highest BCUT2D eigenvalue weighted by atomic mass is 79.9. The lowest BCUT2D eigenvalue weighted by Gasteiger charge is -2.24. The maximum Gasteiger partial charge on any atom is 0.225 e. The summed E-state index contributed by atoms with van der Waals surface area (Å²) in [4.78, 5) is 10.0. The third kappa shape index (κ3) is 4.23. The van der Waals surface area contributed by atoms with Crippen molar-refractivity contribution in [1.29, 1.82) is 0 Å². The summed E-state index contributed by atoms with van der Waals surface area (Å²) in [6, 6.07) is -0.152. The fraction of sp³-hybridized carbons (Fsp3) is 0.600. The van der Waals surface area contributed by atoms with Crippen LogP contribution in [-0.4, -0.2) is 43.0 Å². The molecule has 0 saturated heterocycles. The molecule has 7 heteroatoms. The molecule has 0 bridgehead atoms. The number of sulfone groups is 1. The van der Waals surface area contributed by atoms with Crippen molar-refractivity contribution >= 4 is 31.7 Å². The molecular weight excluding hydrogens is 306 g/mol. The Balaban J connectivity index is 2.76. The van der Waals surface area contributed by atoms with Gasteiger partial charge >= 0.3 is 0 Å². The predicted molar refractivity (Wildman–Crippen MR) is 71.9 cm³/mol. The Morgan fingerprint density at radius 1 is 1.41 bits per heavy atom. The van der Waals surface area contributed by atoms with Crippen LogP contribution < -0.4 is 4.90 Å². The van der Waals surface area contributed by atoms with Crippen molar-refractivity contribution in [3.63, 3.8) is 0 Å². The van der Waals surface area contributed by atoms with Crippen molar-refractivity contribution in [2.75, 3.05) is 23.5 Å². The van der Waals surface area contributed by atoms with E-state index < -0.39 is 9.84 Å². The van der Waals surface area contributed by atoms with Crippen molar-refractivity contribution in [3.05, 3.63) is 16.9 Å². The van der Waals surface area contributed by atoms with Crippen molar-refractivity contribution in [2.45, 2.75) is 19.9 Å². The Morgan fingerprint density at radius 3 is 2.41 bits per heavy atom. The molecular formula is C10H16BrN3O2S. The van der Waals surface area contributed by atoms with E-state index in [1.54, 1.807) is 31.3 Å². The first-order valence-electron chi connectivity index (χ1n) is 5.26. The Labute approximate surface area is 110 Å². The number of nitrogens with zero attached hydrogens (tertiary/aromatic N) is 3. The van der Waals surface area contributed by atoms with Crippen molar-refractivity contribution < 1.29 is 8.42 Å². The summed E-state index contributed by atoms with van der Waals surface area (Å²) < 4.78 is 23.8. The predicted octanol–water partition coefficient (Wildman–Crippen LogP) is 1.50. The van der Waals surface area contributed by atoms with Crippen LogP contribution in [0.1, 0.15) is 13.8 Å². The monoisotopic (exact) mass is 321 g/mol. The van der Waals surface area contributed by atoms with Gasteiger partial charge in [0.2, 0.25) is 5.95 Å². The fourth-order valence-corrected chi connectivity index (χ4v) is 2.68. The Morgan fingerprint density at radius 2 is 1.94 bits per heavy atom. The van der Waals surface area contributed by atoms with Gasteiger partial charge in [0.1, 0.15) is 0 Å². The summed E-state index contributed by atoms with van der Waals surface area (Å²) in [5.74, 6) is 0.790. The zero-order valence-electron chi connectivity index (χ0n) is 10.1. The highest BCUT2D eigenvalue weighted by Crippen LogP contribution is 2.12. The van der Waals surface area contributed by atoms with Crippen LogP contribution in [0.5, 0.6) is 0 Å². The summed E-state index contributed by atoms with van der Waals surface area (Å²) >= 11 is 3.25. The molecule has 0 saturated carbocycles. The van der Waals surface area contributed by atoms with E-state index >= 15 is 0 Å². The van der Waals surface area contributed by atoms with Gasteiger partial charge in [-0.15, -0.1) is 0 Å². The van der Waals surface area contributed by atoms with Gasteiger partial charge < -0.3 is 4.90 Å². The van der Waals surface area contributed by atoms with E-state index in [2.05, 4.69) is 25.9 Å². The molecule has 0 spiro atoms. The van der Waals surface area contributed by atoms with Gasteiger partial charge in [0.15, 0.2) is 9.84 Å². The van der Waals surface area contributed by atoms with E-state index in [1.807, 2.05) is 6.92 Å². The lowest BCUT2D eigenvalue weighted by Crippen LogP contribution is -2.36. The van der Waals surface area contributed by atoms with Gasteiger partial charge in [-0.1, -0.05) is 6.92 Å². The van der Waals surface area contributed by atoms with Gasteiger partial charge in [-0.3, -0.25) is 0 Å². The average Bonchev–Trinajstić information content (AvgIpc) is 2.28. The minimum atomic E-state index is -2.99. The van der Waals surface area contributed by atoms with Gasteiger partial charge in [-0.2, -0.15) is 0 Å². The molecule has 5 nitrogen and oxygen atoms in total. The minimum Gasteiger partial charge on any atom is -0.340 e. The molecule has 0 amide bonds. The van der Waals surface area contributed by atoms with Gasteiger partial charge in [0, 0.05) is 31.2 Å². The van der Waals surface area contributed by atoms with Crippen LogP contribution in [0, 0.1) is 0 Å². The fourth-order valence-electron chi connectivity index (χ4n) is 1.28. The summed E-state index contributed by atoms with van der Waals surface area (Å²) in [6.07, 6.45) is 3.28. The van der Waals surface area contributed by atoms with E-state index in [0.717, 1.165) is 4.47 Å². The van der Waals surface area contributed by atoms with E-state index in [1.165, 1.54) is 0 Å². The molecule has 0 aromatic carbocycles. The van der Waals surface area contributed by atoms with Crippen LogP contribution in [0.3, 0.4) is 0 Å². The molecule has 1 aromatic rings. The molecule has 0 aliphatic carbocycles. The first kappa shape index (κ1) is 14.4. The smallest absolute Gasteiger partial charge is 0.225 e. The maximum absolute atomic E-state index is 11.5. The van der Waals surface area contributed by atoms with Crippen molar-refractivity contribution in [3.8, 4) is 0 Å². The minimum absolute atomic E-state index is 0.111. The Kier molecular flexibility index (Phi) is 4.88. The molecule has 0 aliphatic rings. The molecule has 1 heterocycles. The van der Waals surface area contributed by atoms with Crippen LogP contribution in [0.25, 0.3) is 0 Å². The zero-order valence-corrected chi connectivity index (χ0v) is 12.5. The topological polar surface area (TPSA) is 63.2 Å². The number of hydrogen-bond donors (Lipinski definition) is 0. The molecule has 0 fully saturated rings. The summed E-state index contributed by atoms with van der Waals surface area (Å²) in [6.45, 7) is 3.50. The van der Waals surface area contributed by atoms with E-state index in [-0.39, 0.29) is 17.5 Å². The van der Waals surface area contributed by atoms with Crippen LogP contribution >= 0.6 is 15.9 Å². The van der Waals surface area contributed by atoms with Gasteiger partial charge in [0.05, 0.1) is 10.2 Å². The van der Waals surface area contributed by atoms with E-state index in [0.29, 0.717) is 5.95 Å². The standard InChI is InChI=1S/C10H16BrN3O2S/c1-4-17(15,16)7-8(2)14(3)10-12-5-9(11)6-13-10/h5-6,8H,4,7H2,1-3H3/t8-/m1/s1. The molecule has 1 atom stereocenters. The second-order valence-corrected chi connectivity index (χ2v) is 7.17. The second-order valence-electron chi connectivity index (χ2n) is 3.86. The third-order valence-corrected chi connectivity index (χ3v) is 4.80. The number of anilines is 1. The highest BCUT2D eigenvalue weighted by Gasteiger charge is 2.19. The number of hydrogen-bond acceptors (Lipinski definition) is 5. The van der Waals surface area contributed by atoms with Crippen molar-refractivity contribution in [2.24, 2.45) is 0 Å². The van der Waals surface area contributed by atoms with E-state index in [9.17, 15) is 8.42 Å². The van der Waals surface area contributed by atoms with Crippen LogP contribution in [0.2, 0.25) is 0 Å². The molecule has 0 unspecified atom stereocenters. The SMILES string of the molecule is CCS(=O)(=O)C[C@@H](C)N(C)c1ncc(Br)cn1. The highest BCUT2D eigenvalue weighted by molar-refractivity contribution is 9.10. The summed E-state index contributed by atoms with van der Waals surface area (Å²) in [5.41, 5.74) is 0. The summed E-state index contributed by atoms with van der Waals surface area (Å²) in [7, 11) is -1.20.